The van der Waals surface area contributed by atoms with Crippen molar-refractivity contribution in [2.24, 2.45) is 0 Å². The van der Waals surface area contributed by atoms with Crippen molar-refractivity contribution >= 4 is 17.7 Å². The van der Waals surface area contributed by atoms with Crippen LogP contribution < -0.4 is 0 Å². The van der Waals surface area contributed by atoms with E-state index in [9.17, 15) is 28.2 Å². The minimum absolute atomic E-state index is 0.0982. The lowest BCUT2D eigenvalue weighted by Gasteiger charge is -2.18. The molecule has 0 spiro atoms. The number of hydrogen-bond acceptors (Lipinski definition) is 5. The maximum absolute atomic E-state index is 12.3. The van der Waals surface area contributed by atoms with Crippen LogP contribution in [0.1, 0.15) is 25.0 Å². The molecule has 118 valence electrons. The molecule has 0 radical (unpaired) electrons. The largest absolute Gasteiger partial charge is 0.466 e. The summed E-state index contributed by atoms with van der Waals surface area (Å²) < 4.78 is 41.5. The smallest absolute Gasteiger partial charge is 0.446 e. The summed E-state index contributed by atoms with van der Waals surface area (Å²) in [6.07, 6.45) is -3.36. The van der Waals surface area contributed by atoms with E-state index >= 15 is 0 Å². The Morgan fingerprint density at radius 1 is 1.38 bits per heavy atom. The van der Waals surface area contributed by atoms with Gasteiger partial charge in [0.15, 0.2) is 0 Å². The summed E-state index contributed by atoms with van der Waals surface area (Å²) in [4.78, 5) is 11.1. The van der Waals surface area contributed by atoms with E-state index < -0.39 is 30.1 Å². The van der Waals surface area contributed by atoms with Crippen molar-refractivity contribution in [2.75, 3.05) is 6.61 Å². The fourth-order valence-corrected chi connectivity index (χ4v) is 2.23. The van der Waals surface area contributed by atoms with Gasteiger partial charge in [0.2, 0.25) is 0 Å². The third-order valence-electron chi connectivity index (χ3n) is 2.48. The van der Waals surface area contributed by atoms with Crippen molar-refractivity contribution in [1.29, 1.82) is 0 Å². The van der Waals surface area contributed by atoms with Crippen molar-refractivity contribution < 1.29 is 32.9 Å². The molecule has 2 atom stereocenters. The maximum Gasteiger partial charge on any atom is 0.446 e. The fourth-order valence-electron chi connectivity index (χ4n) is 1.62. The molecule has 1 aromatic carbocycles. The average Bonchev–Trinajstić information content (AvgIpc) is 2.36. The van der Waals surface area contributed by atoms with Crippen LogP contribution in [0.3, 0.4) is 0 Å². The van der Waals surface area contributed by atoms with Crippen LogP contribution in [0.2, 0.25) is 0 Å². The zero-order valence-electron chi connectivity index (χ0n) is 11.1. The Bertz CT molecular complexity index is 479. The maximum atomic E-state index is 12.3. The molecule has 0 heterocycles. The van der Waals surface area contributed by atoms with Gasteiger partial charge in [-0.1, -0.05) is 12.1 Å². The third kappa shape index (κ3) is 6.36. The first kappa shape index (κ1) is 17.8. The number of hydrogen-bond donors (Lipinski definition) is 2. The highest BCUT2D eigenvalue weighted by Crippen LogP contribution is 2.37. The van der Waals surface area contributed by atoms with Gasteiger partial charge in [0.1, 0.15) is 6.10 Å². The predicted molar refractivity (Wildman–Crippen MR) is 70.6 cm³/mol. The lowest BCUT2D eigenvalue weighted by Crippen LogP contribution is -2.23. The summed E-state index contributed by atoms with van der Waals surface area (Å²) in [7, 11) is 0. The molecule has 0 aliphatic heterocycles. The van der Waals surface area contributed by atoms with Gasteiger partial charge < -0.3 is 14.9 Å². The van der Waals surface area contributed by atoms with Gasteiger partial charge in [0.05, 0.1) is 19.1 Å². The van der Waals surface area contributed by atoms with E-state index in [2.05, 4.69) is 4.74 Å². The Labute approximate surface area is 123 Å². The van der Waals surface area contributed by atoms with E-state index in [1.807, 2.05) is 0 Å². The first-order valence-electron chi connectivity index (χ1n) is 6.10. The second-order valence-corrected chi connectivity index (χ2v) is 5.28. The topological polar surface area (TPSA) is 66.8 Å². The lowest BCUT2D eigenvalue weighted by molar-refractivity contribution is -0.147. The highest BCUT2D eigenvalue weighted by atomic mass is 32.2. The summed E-state index contributed by atoms with van der Waals surface area (Å²) in [5, 5.41) is 19.6. The van der Waals surface area contributed by atoms with Gasteiger partial charge in [-0.2, -0.15) is 13.2 Å². The Morgan fingerprint density at radius 2 is 2.05 bits per heavy atom. The molecule has 0 saturated carbocycles. The number of ether oxygens (including phenoxy) is 1. The Morgan fingerprint density at radius 3 is 2.62 bits per heavy atom. The van der Waals surface area contributed by atoms with Crippen LogP contribution in [-0.4, -0.2) is 34.4 Å². The number of thioether (sulfide) groups is 1. The lowest BCUT2D eigenvalue weighted by atomic mass is 10.0. The van der Waals surface area contributed by atoms with Gasteiger partial charge in [-0.25, -0.2) is 0 Å². The Balaban J connectivity index is 2.75. The first-order valence-corrected chi connectivity index (χ1v) is 6.92. The van der Waals surface area contributed by atoms with E-state index in [4.69, 9.17) is 0 Å². The van der Waals surface area contributed by atoms with Crippen LogP contribution in [0.15, 0.2) is 29.2 Å². The minimum atomic E-state index is -4.44. The number of carbonyl (C=O) groups excluding carboxylic acids is 1. The molecule has 1 rings (SSSR count). The highest BCUT2D eigenvalue weighted by Gasteiger charge is 2.30. The molecule has 0 bridgehead atoms. The summed E-state index contributed by atoms with van der Waals surface area (Å²) in [5.41, 5.74) is -4.34. The van der Waals surface area contributed by atoms with Crippen molar-refractivity contribution in [3.05, 3.63) is 29.8 Å². The number of carbonyl (C=O) groups is 1. The van der Waals surface area contributed by atoms with Crippen molar-refractivity contribution in [2.45, 2.75) is 36.0 Å². The summed E-state index contributed by atoms with van der Waals surface area (Å²) in [6.45, 7) is 1.73. The van der Waals surface area contributed by atoms with E-state index in [-0.39, 0.29) is 28.8 Å². The molecule has 2 N–H and O–H groups in total. The molecule has 0 saturated heterocycles. The molecule has 8 heteroatoms. The van der Waals surface area contributed by atoms with Crippen LogP contribution in [0.25, 0.3) is 0 Å². The number of aliphatic hydroxyl groups is 2. The molecule has 0 amide bonds. The van der Waals surface area contributed by atoms with Crippen molar-refractivity contribution in [3.8, 4) is 0 Å². The SMILES string of the molecule is CCOC(=O)CC(O)C(O)c1cccc(SC(F)(F)F)c1. The van der Waals surface area contributed by atoms with Crippen molar-refractivity contribution in [1.82, 2.24) is 0 Å². The molecular weight excluding hydrogens is 309 g/mol. The zero-order valence-corrected chi connectivity index (χ0v) is 11.9. The minimum Gasteiger partial charge on any atom is -0.466 e. The molecule has 0 aliphatic carbocycles. The van der Waals surface area contributed by atoms with E-state index in [1.165, 1.54) is 18.2 Å². The number of esters is 1. The van der Waals surface area contributed by atoms with Gasteiger partial charge in [0, 0.05) is 4.90 Å². The van der Waals surface area contributed by atoms with Gasteiger partial charge in [-0.3, -0.25) is 4.79 Å². The number of halogens is 3. The highest BCUT2D eigenvalue weighted by molar-refractivity contribution is 8.00. The number of rotatable bonds is 6. The molecule has 21 heavy (non-hydrogen) atoms. The van der Waals surface area contributed by atoms with Gasteiger partial charge >= 0.3 is 11.5 Å². The van der Waals surface area contributed by atoms with E-state index in [1.54, 1.807) is 6.92 Å². The van der Waals surface area contributed by atoms with Crippen LogP contribution >= 0.6 is 11.8 Å². The predicted octanol–water partition coefficient (Wildman–Crippen LogP) is 2.65. The molecule has 0 fully saturated rings. The van der Waals surface area contributed by atoms with Gasteiger partial charge in [-0.15, -0.1) is 0 Å². The molecule has 0 aromatic heterocycles. The van der Waals surface area contributed by atoms with E-state index in [0.29, 0.717) is 0 Å². The standard InChI is InChI=1S/C13H15F3O4S/c1-2-20-11(18)7-10(17)12(19)8-4-3-5-9(6-8)21-13(14,15)16/h3-6,10,12,17,19H,2,7H2,1H3. The zero-order chi connectivity index (χ0) is 16.0. The van der Waals surface area contributed by atoms with Crippen LogP contribution in [-0.2, 0) is 9.53 Å². The van der Waals surface area contributed by atoms with Crippen LogP contribution in [0.5, 0.6) is 0 Å². The van der Waals surface area contributed by atoms with Crippen LogP contribution in [0.4, 0.5) is 13.2 Å². The number of aliphatic hydroxyl groups excluding tert-OH is 2. The van der Waals surface area contributed by atoms with Crippen LogP contribution in [0, 0.1) is 0 Å². The van der Waals surface area contributed by atoms with Crippen molar-refractivity contribution in [3.63, 3.8) is 0 Å². The molecule has 2 unspecified atom stereocenters. The third-order valence-corrected chi connectivity index (χ3v) is 3.20. The fraction of sp³-hybridized carbons (Fsp3) is 0.462. The monoisotopic (exact) mass is 324 g/mol. The molecule has 0 aliphatic rings. The van der Waals surface area contributed by atoms with E-state index in [0.717, 1.165) is 6.07 Å². The second-order valence-electron chi connectivity index (χ2n) is 4.14. The molecule has 1 aromatic rings. The molecular formula is C13H15F3O4S. The Kier molecular flexibility index (Phi) is 6.50. The average molecular weight is 324 g/mol. The van der Waals surface area contributed by atoms with Gasteiger partial charge in [-0.05, 0) is 36.4 Å². The second kappa shape index (κ2) is 7.67. The summed E-state index contributed by atoms with van der Waals surface area (Å²) >= 11 is -0.318. The van der Waals surface area contributed by atoms with Gasteiger partial charge in [0.25, 0.3) is 0 Å². The Hall–Kier alpha value is -1.25. The summed E-state index contributed by atoms with van der Waals surface area (Å²) in [5.74, 6) is -0.690. The molecule has 4 nitrogen and oxygen atoms in total. The number of benzene rings is 1. The quantitative estimate of drug-likeness (QED) is 0.622. The summed E-state index contributed by atoms with van der Waals surface area (Å²) in [6, 6.07) is 5.08. The normalized spacial score (nSPS) is 14.6. The number of alkyl halides is 3. The first-order chi connectivity index (χ1) is 9.73.